The van der Waals surface area contributed by atoms with Gasteiger partial charge in [-0.3, -0.25) is 14.4 Å². The molecule has 224 valence electrons. The molecule has 4 N–H and O–H groups in total. The molecule has 42 heavy (non-hydrogen) atoms. The van der Waals surface area contributed by atoms with Crippen molar-refractivity contribution in [2.75, 3.05) is 5.32 Å². The minimum Gasteiger partial charge on any atom is -0.444 e. The van der Waals surface area contributed by atoms with Crippen molar-refractivity contribution in [1.82, 2.24) is 10.2 Å². The standard InChI is InChI=1S/C33H42N4O5/c1-20(2)37(31(40)27(16-17-28(34)38)36-32(41)42-33(5,6)7)29(26-15-12-21(3)18-22(26)4)30(39)35-25-14-13-23-10-8-9-11-24(23)19-25/h8-15,18-20,27,29H,16-17H2,1-7H3,(H2,34,38)(H,35,39)(H,36,41). The van der Waals surface area contributed by atoms with E-state index in [0.29, 0.717) is 11.3 Å². The number of hydrogen-bond acceptors (Lipinski definition) is 5. The number of fused-ring (bicyclic) bond motifs is 1. The van der Waals surface area contributed by atoms with E-state index in [2.05, 4.69) is 10.6 Å². The molecule has 0 aliphatic heterocycles. The van der Waals surface area contributed by atoms with E-state index in [4.69, 9.17) is 10.5 Å². The Balaban J connectivity index is 2.05. The van der Waals surface area contributed by atoms with Crippen LogP contribution in [0.2, 0.25) is 0 Å². The SMILES string of the molecule is Cc1ccc(C(C(=O)Nc2ccc3ccccc3c2)N(C(=O)C(CCC(N)=O)NC(=O)OC(C)(C)C)C(C)C)c(C)c1. The topological polar surface area (TPSA) is 131 Å². The number of alkyl carbamates (subject to hydrolysis) is 1. The lowest BCUT2D eigenvalue weighted by Crippen LogP contribution is -2.54. The van der Waals surface area contributed by atoms with Crippen molar-refractivity contribution < 1.29 is 23.9 Å². The molecule has 9 heteroatoms. The zero-order chi connectivity index (χ0) is 31.2. The summed E-state index contributed by atoms with van der Waals surface area (Å²) >= 11 is 0. The second kappa shape index (κ2) is 13.5. The van der Waals surface area contributed by atoms with Gasteiger partial charge in [0.2, 0.25) is 11.8 Å². The third-order valence-corrected chi connectivity index (χ3v) is 6.74. The largest absolute Gasteiger partial charge is 0.444 e. The normalized spacial score (nSPS) is 12.9. The summed E-state index contributed by atoms with van der Waals surface area (Å²) < 4.78 is 5.39. The van der Waals surface area contributed by atoms with Crippen molar-refractivity contribution in [3.63, 3.8) is 0 Å². The zero-order valence-corrected chi connectivity index (χ0v) is 25.5. The Morgan fingerprint density at radius 2 is 1.60 bits per heavy atom. The van der Waals surface area contributed by atoms with Gasteiger partial charge < -0.3 is 26.0 Å². The molecule has 0 saturated carbocycles. The highest BCUT2D eigenvalue weighted by Gasteiger charge is 2.38. The van der Waals surface area contributed by atoms with Crippen molar-refractivity contribution in [1.29, 1.82) is 0 Å². The van der Waals surface area contributed by atoms with E-state index >= 15 is 0 Å². The molecule has 3 aromatic carbocycles. The zero-order valence-electron chi connectivity index (χ0n) is 25.5. The molecule has 0 bridgehead atoms. The van der Waals surface area contributed by atoms with Crippen LogP contribution >= 0.6 is 0 Å². The number of primary amides is 1. The fraction of sp³-hybridized carbons (Fsp3) is 0.394. The molecule has 0 radical (unpaired) electrons. The number of carbonyl (C=O) groups excluding carboxylic acids is 4. The fourth-order valence-electron chi connectivity index (χ4n) is 4.88. The number of aryl methyl sites for hydroxylation is 2. The summed E-state index contributed by atoms with van der Waals surface area (Å²) in [4.78, 5) is 54.2. The predicted octanol–water partition coefficient (Wildman–Crippen LogP) is 5.53. The summed E-state index contributed by atoms with van der Waals surface area (Å²) in [5, 5.41) is 7.61. The maximum atomic E-state index is 14.2. The number of nitrogens with one attached hydrogen (secondary N) is 2. The number of rotatable bonds is 10. The van der Waals surface area contributed by atoms with E-state index in [1.54, 1.807) is 34.6 Å². The molecule has 0 fully saturated rings. The van der Waals surface area contributed by atoms with Gasteiger partial charge in [0, 0.05) is 18.2 Å². The lowest BCUT2D eigenvalue weighted by Gasteiger charge is -2.37. The van der Waals surface area contributed by atoms with Crippen LogP contribution in [0.4, 0.5) is 10.5 Å². The average Bonchev–Trinajstić information content (AvgIpc) is 2.88. The Labute approximate surface area is 247 Å². The van der Waals surface area contributed by atoms with Crippen LogP contribution in [0.1, 0.15) is 70.2 Å². The first-order valence-corrected chi connectivity index (χ1v) is 14.1. The third kappa shape index (κ3) is 8.55. The van der Waals surface area contributed by atoms with Gasteiger partial charge >= 0.3 is 6.09 Å². The number of nitrogens with two attached hydrogens (primary N) is 1. The van der Waals surface area contributed by atoms with E-state index in [9.17, 15) is 19.2 Å². The quantitative estimate of drug-likeness (QED) is 0.293. The Hall–Kier alpha value is -4.40. The number of hydrogen-bond donors (Lipinski definition) is 3. The Morgan fingerprint density at radius 1 is 0.929 bits per heavy atom. The smallest absolute Gasteiger partial charge is 0.408 e. The van der Waals surface area contributed by atoms with Crippen molar-refractivity contribution >= 4 is 40.3 Å². The minimum atomic E-state index is -1.16. The van der Waals surface area contributed by atoms with Crippen molar-refractivity contribution in [3.05, 3.63) is 77.4 Å². The number of amides is 4. The molecule has 2 unspecified atom stereocenters. The van der Waals surface area contributed by atoms with Gasteiger partial charge in [-0.25, -0.2) is 4.79 Å². The number of carbonyl (C=O) groups is 4. The molecular weight excluding hydrogens is 532 g/mol. The van der Waals surface area contributed by atoms with Crippen molar-refractivity contribution in [3.8, 4) is 0 Å². The van der Waals surface area contributed by atoms with Crippen LogP contribution < -0.4 is 16.4 Å². The van der Waals surface area contributed by atoms with Crippen LogP contribution in [-0.4, -0.2) is 46.4 Å². The lowest BCUT2D eigenvalue weighted by atomic mass is 9.95. The van der Waals surface area contributed by atoms with E-state index in [0.717, 1.165) is 21.9 Å². The molecular formula is C33H42N4O5. The average molecular weight is 575 g/mol. The van der Waals surface area contributed by atoms with Gasteiger partial charge in [0.25, 0.3) is 5.91 Å². The Morgan fingerprint density at radius 3 is 2.19 bits per heavy atom. The Kier molecular flexibility index (Phi) is 10.3. The van der Waals surface area contributed by atoms with E-state index in [-0.39, 0.29) is 12.8 Å². The van der Waals surface area contributed by atoms with Gasteiger partial charge in [-0.15, -0.1) is 0 Å². The van der Waals surface area contributed by atoms with Crippen molar-refractivity contribution in [2.45, 2.75) is 85.0 Å². The van der Waals surface area contributed by atoms with E-state index in [1.807, 2.05) is 74.5 Å². The molecule has 3 aromatic rings. The minimum absolute atomic E-state index is 0.0531. The molecule has 3 rings (SSSR count). The van der Waals surface area contributed by atoms with Crippen LogP contribution in [0.15, 0.2) is 60.7 Å². The van der Waals surface area contributed by atoms with Gasteiger partial charge in [-0.1, -0.05) is 54.1 Å². The van der Waals surface area contributed by atoms with Crippen molar-refractivity contribution in [2.24, 2.45) is 5.73 Å². The van der Waals surface area contributed by atoms with Gasteiger partial charge in [0.1, 0.15) is 17.7 Å². The van der Waals surface area contributed by atoms with Gasteiger partial charge in [-0.2, -0.15) is 0 Å². The van der Waals surface area contributed by atoms with Crippen LogP contribution in [0.3, 0.4) is 0 Å². The summed E-state index contributed by atoms with van der Waals surface area (Å²) in [5.74, 6) is -1.56. The predicted molar refractivity (Wildman–Crippen MR) is 165 cm³/mol. The van der Waals surface area contributed by atoms with Gasteiger partial charge in [0.15, 0.2) is 0 Å². The first-order valence-electron chi connectivity index (χ1n) is 14.1. The molecule has 4 amide bonds. The molecule has 0 aromatic heterocycles. The van der Waals surface area contributed by atoms with Crippen LogP contribution in [0.25, 0.3) is 10.8 Å². The molecule has 0 aliphatic rings. The molecule has 9 nitrogen and oxygen atoms in total. The first kappa shape index (κ1) is 32.1. The highest BCUT2D eigenvalue weighted by atomic mass is 16.6. The maximum absolute atomic E-state index is 14.2. The molecule has 0 spiro atoms. The summed E-state index contributed by atoms with van der Waals surface area (Å²) in [5.41, 5.74) is 7.67. The summed E-state index contributed by atoms with van der Waals surface area (Å²) in [6.07, 6.45) is -1.00. The monoisotopic (exact) mass is 574 g/mol. The van der Waals surface area contributed by atoms with Gasteiger partial charge in [-0.05, 0) is 88.9 Å². The third-order valence-electron chi connectivity index (χ3n) is 6.74. The lowest BCUT2D eigenvalue weighted by molar-refractivity contribution is -0.143. The number of ether oxygens (including phenoxy) is 1. The summed E-state index contributed by atoms with van der Waals surface area (Å²) in [6.45, 7) is 12.6. The highest BCUT2D eigenvalue weighted by molar-refractivity contribution is 6.00. The first-order chi connectivity index (χ1) is 19.7. The second-order valence-corrected chi connectivity index (χ2v) is 11.9. The number of anilines is 1. The number of benzene rings is 3. The highest BCUT2D eigenvalue weighted by Crippen LogP contribution is 2.30. The number of nitrogens with zero attached hydrogens (tertiary/aromatic N) is 1. The second-order valence-electron chi connectivity index (χ2n) is 11.9. The van der Waals surface area contributed by atoms with Crippen LogP contribution in [0.5, 0.6) is 0 Å². The molecule has 0 aliphatic carbocycles. The summed E-state index contributed by atoms with van der Waals surface area (Å²) in [6, 6.07) is 16.5. The Bertz CT molecular complexity index is 1460. The summed E-state index contributed by atoms with van der Waals surface area (Å²) in [7, 11) is 0. The van der Waals surface area contributed by atoms with E-state index in [1.165, 1.54) is 4.90 Å². The van der Waals surface area contributed by atoms with Crippen LogP contribution in [-0.2, 0) is 19.1 Å². The van der Waals surface area contributed by atoms with Gasteiger partial charge in [0.05, 0.1) is 0 Å². The maximum Gasteiger partial charge on any atom is 0.408 e. The fourth-order valence-corrected chi connectivity index (χ4v) is 4.88. The molecule has 0 heterocycles. The molecule has 2 atom stereocenters. The molecule has 0 saturated heterocycles. The van der Waals surface area contributed by atoms with Crippen LogP contribution in [0, 0.1) is 13.8 Å². The van der Waals surface area contributed by atoms with E-state index < -0.39 is 47.5 Å².